The van der Waals surface area contributed by atoms with Gasteiger partial charge in [-0.05, 0) is 81.9 Å². The summed E-state index contributed by atoms with van der Waals surface area (Å²) in [5.41, 5.74) is 8.23. The molecule has 0 spiro atoms. The highest BCUT2D eigenvalue weighted by Gasteiger charge is 2.37. The van der Waals surface area contributed by atoms with Gasteiger partial charge in [-0.2, -0.15) is 0 Å². The quantitative estimate of drug-likeness (QED) is 0.519. The van der Waals surface area contributed by atoms with E-state index in [1.54, 1.807) is 12.1 Å². The van der Waals surface area contributed by atoms with E-state index in [9.17, 15) is 4.39 Å². The Morgan fingerprint density at radius 3 is 2.80 bits per heavy atom. The van der Waals surface area contributed by atoms with E-state index in [4.69, 9.17) is 4.74 Å². The van der Waals surface area contributed by atoms with Crippen molar-refractivity contribution in [2.75, 3.05) is 5.32 Å². The zero-order valence-electron chi connectivity index (χ0n) is 18.3. The lowest BCUT2D eigenvalue weighted by Crippen LogP contribution is -2.33. The minimum atomic E-state index is -0.225. The van der Waals surface area contributed by atoms with Gasteiger partial charge in [0.2, 0.25) is 0 Å². The molecule has 2 unspecified atom stereocenters. The second-order valence-corrected chi connectivity index (χ2v) is 9.54. The van der Waals surface area contributed by atoms with Gasteiger partial charge in [-0.15, -0.1) is 0 Å². The number of ether oxygens (including phenoxy) is 1. The molecule has 2 aromatic rings. The largest absolute Gasteiger partial charge is 0.484 e. The molecular weight excluding hydrogens is 373 g/mol. The van der Waals surface area contributed by atoms with E-state index in [1.165, 1.54) is 41.2 Å². The van der Waals surface area contributed by atoms with Gasteiger partial charge in [0.15, 0.2) is 0 Å². The summed E-state index contributed by atoms with van der Waals surface area (Å²) in [6.45, 7) is 8.81. The van der Waals surface area contributed by atoms with E-state index < -0.39 is 0 Å². The fourth-order valence-corrected chi connectivity index (χ4v) is 5.56. The van der Waals surface area contributed by atoms with Crippen LogP contribution in [0.5, 0.6) is 5.75 Å². The molecule has 0 radical (unpaired) electrons. The first kappa shape index (κ1) is 19.4. The number of allylic oxidation sites excluding steroid dienone is 2. The second-order valence-electron chi connectivity index (χ2n) is 9.54. The Morgan fingerprint density at radius 2 is 2.00 bits per heavy atom. The Balaban J connectivity index is 1.75. The minimum Gasteiger partial charge on any atom is -0.484 e. The van der Waals surface area contributed by atoms with Crippen molar-refractivity contribution in [3.8, 4) is 16.9 Å². The number of benzene rings is 2. The van der Waals surface area contributed by atoms with Crippen molar-refractivity contribution in [2.24, 2.45) is 5.92 Å². The molecule has 3 heteroatoms. The van der Waals surface area contributed by atoms with Crippen LogP contribution >= 0.6 is 0 Å². The summed E-state index contributed by atoms with van der Waals surface area (Å²) in [4.78, 5) is 0. The first-order valence-electron chi connectivity index (χ1n) is 11.2. The number of nitrogens with one attached hydrogen (secondary N) is 1. The molecule has 5 rings (SSSR count). The van der Waals surface area contributed by atoms with Gasteiger partial charge in [0.1, 0.15) is 17.7 Å². The van der Waals surface area contributed by atoms with E-state index in [-0.39, 0.29) is 17.5 Å². The van der Waals surface area contributed by atoms with Gasteiger partial charge in [-0.25, -0.2) is 4.39 Å². The van der Waals surface area contributed by atoms with E-state index in [0.717, 1.165) is 35.4 Å². The Labute approximate surface area is 178 Å². The van der Waals surface area contributed by atoms with Crippen LogP contribution in [0.15, 0.2) is 48.1 Å². The fraction of sp³-hybridized carbons (Fsp3) is 0.407. The van der Waals surface area contributed by atoms with E-state index in [1.807, 2.05) is 0 Å². The normalized spacial score (nSPS) is 23.8. The Morgan fingerprint density at radius 1 is 1.17 bits per heavy atom. The second kappa shape index (κ2) is 7.01. The summed E-state index contributed by atoms with van der Waals surface area (Å²) >= 11 is 0. The number of hydrogen-bond donors (Lipinski definition) is 1. The van der Waals surface area contributed by atoms with Gasteiger partial charge in [-0.3, -0.25) is 0 Å². The van der Waals surface area contributed by atoms with Crippen LogP contribution < -0.4 is 10.1 Å². The summed E-state index contributed by atoms with van der Waals surface area (Å²) in [5.74, 6) is 0.897. The molecule has 2 aromatic carbocycles. The zero-order valence-corrected chi connectivity index (χ0v) is 18.3. The van der Waals surface area contributed by atoms with Gasteiger partial charge in [0, 0.05) is 28.3 Å². The van der Waals surface area contributed by atoms with Crippen molar-refractivity contribution in [3.63, 3.8) is 0 Å². The first-order chi connectivity index (χ1) is 14.4. The summed E-state index contributed by atoms with van der Waals surface area (Å²) < 4.78 is 20.8. The van der Waals surface area contributed by atoms with Gasteiger partial charge >= 0.3 is 0 Å². The summed E-state index contributed by atoms with van der Waals surface area (Å²) in [6.07, 6.45) is 9.30. The number of halogens is 1. The van der Waals surface area contributed by atoms with Gasteiger partial charge in [0.25, 0.3) is 0 Å². The zero-order chi connectivity index (χ0) is 21.0. The van der Waals surface area contributed by atoms with Crippen LogP contribution in [-0.2, 0) is 0 Å². The Kier molecular flexibility index (Phi) is 4.53. The smallest absolute Gasteiger partial charge is 0.131 e. The van der Waals surface area contributed by atoms with Crippen molar-refractivity contribution in [2.45, 2.75) is 65.0 Å². The van der Waals surface area contributed by atoms with Gasteiger partial charge < -0.3 is 10.1 Å². The van der Waals surface area contributed by atoms with Crippen molar-refractivity contribution in [3.05, 3.63) is 65.0 Å². The molecule has 0 bridgehead atoms. The maximum atomic E-state index is 14.2. The van der Waals surface area contributed by atoms with Crippen LogP contribution in [0, 0.1) is 11.7 Å². The molecule has 0 amide bonds. The van der Waals surface area contributed by atoms with Crippen LogP contribution in [0.2, 0.25) is 0 Å². The maximum absolute atomic E-state index is 14.2. The van der Waals surface area contributed by atoms with E-state index in [2.05, 4.69) is 57.3 Å². The molecule has 0 saturated heterocycles. The molecule has 2 atom stereocenters. The molecule has 2 aliphatic heterocycles. The number of rotatable bonds is 2. The molecular formula is C27H30FNO. The predicted molar refractivity (Wildman–Crippen MR) is 122 cm³/mol. The monoisotopic (exact) mass is 403 g/mol. The lowest BCUT2D eigenvalue weighted by Gasteiger charge is -2.39. The minimum absolute atomic E-state index is 0.0545. The average Bonchev–Trinajstić information content (AvgIpc) is 2.71. The van der Waals surface area contributed by atoms with Crippen LogP contribution in [-0.4, -0.2) is 5.54 Å². The highest BCUT2D eigenvalue weighted by Crippen LogP contribution is 2.52. The lowest BCUT2D eigenvalue weighted by atomic mass is 9.76. The molecule has 1 aliphatic carbocycles. The highest BCUT2D eigenvalue weighted by atomic mass is 19.1. The third-order valence-electron chi connectivity index (χ3n) is 6.77. The molecule has 156 valence electrons. The average molecular weight is 404 g/mol. The van der Waals surface area contributed by atoms with Crippen LogP contribution in [0.25, 0.3) is 16.7 Å². The van der Waals surface area contributed by atoms with Gasteiger partial charge in [0.05, 0.1) is 5.54 Å². The summed E-state index contributed by atoms with van der Waals surface area (Å²) in [5, 5.41) is 3.67. The lowest BCUT2D eigenvalue weighted by molar-refractivity contribution is 0.145. The Bertz CT molecular complexity index is 1080. The molecule has 0 saturated carbocycles. The van der Waals surface area contributed by atoms with Crippen molar-refractivity contribution in [1.29, 1.82) is 0 Å². The third kappa shape index (κ3) is 3.15. The molecule has 30 heavy (non-hydrogen) atoms. The molecule has 0 fully saturated rings. The summed E-state index contributed by atoms with van der Waals surface area (Å²) in [7, 11) is 0. The SMILES string of the molecule is CCC1=CC(C2Oc3ccc(F)cc3-c3ccc4c(c32)C(C)=CC(C)(C)N4)CCC1. The number of fused-ring (bicyclic) bond motifs is 5. The third-order valence-corrected chi connectivity index (χ3v) is 6.77. The number of hydrogen-bond acceptors (Lipinski definition) is 2. The van der Waals surface area contributed by atoms with Crippen LogP contribution in [0.4, 0.5) is 10.1 Å². The molecule has 1 N–H and O–H groups in total. The number of anilines is 1. The van der Waals surface area contributed by atoms with Crippen LogP contribution in [0.1, 0.15) is 70.6 Å². The predicted octanol–water partition coefficient (Wildman–Crippen LogP) is 7.67. The van der Waals surface area contributed by atoms with E-state index in [0.29, 0.717) is 5.92 Å². The Hall–Kier alpha value is -2.55. The molecule has 2 nitrogen and oxygen atoms in total. The highest BCUT2D eigenvalue weighted by molar-refractivity contribution is 5.89. The standard InChI is InChI=1S/C27H30FNO/c1-5-17-7-6-8-18(13-17)26-25-20(21-14-19(28)9-12-23(21)30-26)10-11-22-24(25)16(2)15-27(3,4)29-22/h9-15,18,26,29H,5-8H2,1-4H3. The van der Waals surface area contributed by atoms with Crippen molar-refractivity contribution < 1.29 is 9.13 Å². The first-order valence-corrected chi connectivity index (χ1v) is 11.2. The summed E-state index contributed by atoms with van der Waals surface area (Å²) in [6, 6.07) is 9.21. The van der Waals surface area contributed by atoms with Crippen LogP contribution in [0.3, 0.4) is 0 Å². The fourth-order valence-electron chi connectivity index (χ4n) is 5.56. The molecule has 3 aliphatic rings. The topological polar surface area (TPSA) is 21.3 Å². The van der Waals surface area contributed by atoms with E-state index >= 15 is 0 Å². The van der Waals surface area contributed by atoms with Crippen molar-refractivity contribution >= 4 is 11.3 Å². The maximum Gasteiger partial charge on any atom is 0.131 e. The van der Waals surface area contributed by atoms with Crippen molar-refractivity contribution in [1.82, 2.24) is 0 Å². The van der Waals surface area contributed by atoms with Gasteiger partial charge in [-0.1, -0.05) is 30.7 Å². The molecule has 2 heterocycles. The molecule has 0 aromatic heterocycles.